The van der Waals surface area contributed by atoms with Crippen molar-refractivity contribution in [2.24, 2.45) is 5.41 Å². The summed E-state index contributed by atoms with van der Waals surface area (Å²) in [5, 5.41) is 16.5. The number of dihydropyridines is 1. The second-order valence-electron chi connectivity index (χ2n) is 9.63. The van der Waals surface area contributed by atoms with Gasteiger partial charge in [0.15, 0.2) is 17.3 Å². The third-order valence-corrected chi connectivity index (χ3v) is 6.41. The van der Waals surface area contributed by atoms with Gasteiger partial charge < -0.3 is 20.5 Å². The van der Waals surface area contributed by atoms with Gasteiger partial charge in [-0.3, -0.25) is 9.59 Å². The minimum atomic E-state index is -0.566. The number of ketones is 1. The topological polar surface area (TPSA) is 87.7 Å². The van der Waals surface area contributed by atoms with Gasteiger partial charge in [-0.1, -0.05) is 38.1 Å². The number of ether oxygens (including phenoxy) is 1. The van der Waals surface area contributed by atoms with Gasteiger partial charge >= 0.3 is 0 Å². The number of phenolic OH excluding ortho intramolecular Hbond substituents is 1. The molecule has 172 valence electrons. The van der Waals surface area contributed by atoms with Gasteiger partial charge in [0.25, 0.3) is 5.91 Å². The Morgan fingerprint density at radius 3 is 2.58 bits per heavy atom. The lowest BCUT2D eigenvalue weighted by atomic mass is 9.68. The smallest absolute Gasteiger partial charge is 0.254 e. The van der Waals surface area contributed by atoms with Crippen LogP contribution in [0.25, 0.3) is 0 Å². The number of nitrogens with one attached hydrogen (secondary N) is 2. The van der Waals surface area contributed by atoms with Gasteiger partial charge in [0.2, 0.25) is 0 Å². The van der Waals surface area contributed by atoms with Crippen molar-refractivity contribution in [3.63, 3.8) is 0 Å². The number of hydrogen-bond acceptors (Lipinski definition) is 5. The van der Waals surface area contributed by atoms with E-state index < -0.39 is 5.92 Å². The predicted octanol–water partition coefficient (Wildman–Crippen LogP) is 4.95. The molecule has 1 amide bonds. The molecule has 6 heteroatoms. The molecule has 0 radical (unpaired) electrons. The van der Waals surface area contributed by atoms with E-state index in [-0.39, 0.29) is 22.9 Å². The zero-order valence-corrected chi connectivity index (χ0v) is 19.7. The van der Waals surface area contributed by atoms with Crippen LogP contribution in [0.2, 0.25) is 0 Å². The minimum absolute atomic E-state index is 0.00658. The average Bonchev–Trinajstić information content (AvgIpc) is 2.73. The van der Waals surface area contributed by atoms with Gasteiger partial charge in [-0.25, -0.2) is 0 Å². The summed E-state index contributed by atoms with van der Waals surface area (Å²) in [4.78, 5) is 27.0. The van der Waals surface area contributed by atoms with Crippen molar-refractivity contribution in [1.29, 1.82) is 0 Å². The molecule has 2 aliphatic rings. The average molecular weight is 447 g/mol. The first kappa shape index (κ1) is 22.6. The van der Waals surface area contributed by atoms with E-state index in [2.05, 4.69) is 24.5 Å². The van der Waals surface area contributed by atoms with Gasteiger partial charge in [0.1, 0.15) is 0 Å². The molecule has 2 aromatic carbocycles. The zero-order chi connectivity index (χ0) is 23.9. The highest BCUT2D eigenvalue weighted by molar-refractivity contribution is 6.10. The van der Waals surface area contributed by atoms with E-state index in [0.717, 1.165) is 22.5 Å². The molecule has 33 heavy (non-hydrogen) atoms. The number of carbonyl (C=O) groups is 2. The maximum atomic E-state index is 13.6. The Balaban J connectivity index is 1.85. The first-order valence-corrected chi connectivity index (χ1v) is 11.1. The van der Waals surface area contributed by atoms with Crippen molar-refractivity contribution in [3.05, 3.63) is 76.1 Å². The molecule has 3 N–H and O–H groups in total. The van der Waals surface area contributed by atoms with Crippen molar-refractivity contribution < 1.29 is 19.4 Å². The monoisotopic (exact) mass is 446 g/mol. The van der Waals surface area contributed by atoms with Gasteiger partial charge in [-0.05, 0) is 55.0 Å². The molecule has 0 saturated carbocycles. The SMILES string of the molecule is COc1cc(C2C(C(=O)Nc3ccccc3C)=C(C)NC3=C2C(=O)CC(C)(C)C3)ccc1O. The third-order valence-electron chi connectivity index (χ3n) is 6.41. The Bertz CT molecular complexity index is 1210. The molecule has 1 unspecified atom stereocenters. The predicted molar refractivity (Wildman–Crippen MR) is 128 cm³/mol. The van der Waals surface area contributed by atoms with Crippen LogP contribution < -0.4 is 15.4 Å². The number of allylic oxidation sites excluding steroid dienone is 3. The van der Waals surface area contributed by atoms with Crippen molar-refractivity contribution in [3.8, 4) is 11.5 Å². The summed E-state index contributed by atoms with van der Waals surface area (Å²) in [7, 11) is 1.48. The van der Waals surface area contributed by atoms with E-state index in [1.165, 1.54) is 7.11 Å². The third kappa shape index (κ3) is 4.25. The lowest BCUT2D eigenvalue weighted by Crippen LogP contribution is -2.39. The van der Waals surface area contributed by atoms with Crippen LogP contribution in [0.4, 0.5) is 5.69 Å². The highest BCUT2D eigenvalue weighted by Crippen LogP contribution is 2.47. The number of anilines is 1. The molecule has 1 heterocycles. The highest BCUT2D eigenvalue weighted by Gasteiger charge is 2.42. The normalized spacial score (nSPS) is 19.7. The number of aromatic hydroxyl groups is 1. The molecule has 0 saturated heterocycles. The molecule has 0 aromatic heterocycles. The molecule has 1 aliphatic heterocycles. The fraction of sp³-hybridized carbons (Fsp3) is 0.333. The maximum Gasteiger partial charge on any atom is 0.254 e. The molecule has 6 nitrogen and oxygen atoms in total. The summed E-state index contributed by atoms with van der Waals surface area (Å²) in [6.07, 6.45) is 1.12. The first-order chi connectivity index (χ1) is 15.6. The van der Waals surface area contributed by atoms with Crippen molar-refractivity contribution in [2.45, 2.75) is 46.5 Å². The Kier molecular flexibility index (Phi) is 5.78. The maximum absolute atomic E-state index is 13.6. The van der Waals surface area contributed by atoms with Gasteiger partial charge in [0, 0.05) is 40.6 Å². The molecule has 1 atom stereocenters. The van der Waals surface area contributed by atoms with E-state index in [0.29, 0.717) is 35.4 Å². The number of methoxy groups -OCH3 is 1. The standard InChI is InChI=1S/C27H30N2O4/c1-15-8-6-7-9-18(15)29-26(32)23-16(2)28-19-13-27(3,4)14-21(31)25(19)24(23)17-10-11-20(30)22(12-17)33-5/h6-12,24,28,30H,13-14H2,1-5H3,(H,29,32). The first-order valence-electron chi connectivity index (χ1n) is 11.1. The molecule has 0 spiro atoms. The molecule has 0 bridgehead atoms. The van der Waals surface area contributed by atoms with Gasteiger partial charge in [0.05, 0.1) is 7.11 Å². The molecular formula is C27H30N2O4. The summed E-state index contributed by atoms with van der Waals surface area (Å²) in [6.45, 7) is 7.96. The van der Waals surface area contributed by atoms with Gasteiger partial charge in [-0.15, -0.1) is 0 Å². The van der Waals surface area contributed by atoms with Crippen molar-refractivity contribution in [2.75, 3.05) is 12.4 Å². The number of hydrogen-bond donors (Lipinski definition) is 3. The van der Waals surface area contributed by atoms with Crippen LogP contribution in [-0.4, -0.2) is 23.9 Å². The van der Waals surface area contributed by atoms with E-state index in [1.807, 2.05) is 38.1 Å². The number of aryl methyl sites for hydroxylation is 1. The quantitative estimate of drug-likeness (QED) is 0.618. The van der Waals surface area contributed by atoms with Crippen LogP contribution in [0.5, 0.6) is 11.5 Å². The van der Waals surface area contributed by atoms with E-state index in [1.54, 1.807) is 18.2 Å². The second kappa shape index (κ2) is 8.43. The number of Topliss-reactive ketones (excluding diaryl/α,β-unsaturated/α-hetero) is 1. The Morgan fingerprint density at radius 2 is 1.88 bits per heavy atom. The fourth-order valence-electron chi connectivity index (χ4n) is 4.85. The van der Waals surface area contributed by atoms with Crippen molar-refractivity contribution in [1.82, 2.24) is 5.32 Å². The Hall–Kier alpha value is -3.54. The number of phenols is 1. The van der Waals surface area contributed by atoms with Gasteiger partial charge in [-0.2, -0.15) is 0 Å². The summed E-state index contributed by atoms with van der Waals surface area (Å²) in [5.41, 5.74) is 4.90. The van der Waals surface area contributed by atoms with Crippen molar-refractivity contribution >= 4 is 17.4 Å². The number of carbonyl (C=O) groups excluding carboxylic acids is 2. The Morgan fingerprint density at radius 1 is 1.15 bits per heavy atom. The molecule has 4 rings (SSSR count). The molecular weight excluding hydrogens is 416 g/mol. The summed E-state index contributed by atoms with van der Waals surface area (Å²) < 4.78 is 5.32. The molecule has 0 fully saturated rings. The largest absolute Gasteiger partial charge is 0.504 e. The highest BCUT2D eigenvalue weighted by atomic mass is 16.5. The van der Waals surface area contributed by atoms with Crippen LogP contribution in [0, 0.1) is 12.3 Å². The van der Waals surface area contributed by atoms with Crippen LogP contribution in [0.1, 0.15) is 50.7 Å². The van der Waals surface area contributed by atoms with Crippen LogP contribution >= 0.6 is 0 Å². The summed E-state index contributed by atoms with van der Waals surface area (Å²) in [6, 6.07) is 12.6. The van der Waals surface area contributed by atoms with Crippen LogP contribution in [-0.2, 0) is 9.59 Å². The number of rotatable bonds is 4. The zero-order valence-electron chi connectivity index (χ0n) is 19.7. The number of benzene rings is 2. The minimum Gasteiger partial charge on any atom is -0.504 e. The lowest BCUT2D eigenvalue weighted by molar-refractivity contribution is -0.118. The van der Waals surface area contributed by atoms with Crippen LogP contribution in [0.3, 0.4) is 0 Å². The van der Waals surface area contributed by atoms with E-state index in [9.17, 15) is 14.7 Å². The van der Waals surface area contributed by atoms with E-state index in [4.69, 9.17) is 4.74 Å². The fourth-order valence-corrected chi connectivity index (χ4v) is 4.85. The lowest BCUT2D eigenvalue weighted by Gasteiger charge is -2.39. The summed E-state index contributed by atoms with van der Waals surface area (Å²) >= 11 is 0. The Labute approximate surface area is 194 Å². The second-order valence-corrected chi connectivity index (χ2v) is 9.63. The summed E-state index contributed by atoms with van der Waals surface area (Å²) in [5.74, 6) is -0.501. The number of para-hydroxylation sites is 1. The number of amides is 1. The molecule has 2 aromatic rings. The molecule has 1 aliphatic carbocycles. The van der Waals surface area contributed by atoms with Crippen LogP contribution in [0.15, 0.2) is 65.0 Å². The van der Waals surface area contributed by atoms with E-state index >= 15 is 0 Å².